The molecule has 1 atom stereocenters. The summed E-state index contributed by atoms with van der Waals surface area (Å²) in [6.45, 7) is 3.96. The molecule has 17 heavy (non-hydrogen) atoms. The molecule has 0 spiro atoms. The Morgan fingerprint density at radius 2 is 2.18 bits per heavy atom. The van der Waals surface area contributed by atoms with Crippen molar-refractivity contribution in [2.45, 2.75) is 32.4 Å². The van der Waals surface area contributed by atoms with Gasteiger partial charge in [0, 0.05) is 19.1 Å². The predicted molar refractivity (Wildman–Crippen MR) is 70.5 cm³/mol. The molecule has 0 radical (unpaired) electrons. The summed E-state index contributed by atoms with van der Waals surface area (Å²) in [5.41, 5.74) is 1.03. The van der Waals surface area contributed by atoms with E-state index in [0.29, 0.717) is 6.04 Å². The molecule has 0 bridgehead atoms. The zero-order valence-corrected chi connectivity index (χ0v) is 11.0. The maximum atomic E-state index is 13.1. The first-order chi connectivity index (χ1) is 8.17. The van der Waals surface area contributed by atoms with Crippen molar-refractivity contribution in [3.05, 3.63) is 35.6 Å². The Kier molecular flexibility index (Phi) is 6.16. The van der Waals surface area contributed by atoms with Crippen molar-refractivity contribution in [3.63, 3.8) is 0 Å². The minimum Gasteiger partial charge on any atom is -0.318 e. The van der Waals surface area contributed by atoms with Crippen LogP contribution in [-0.2, 0) is 6.54 Å². The third kappa shape index (κ3) is 4.84. The number of benzene rings is 1. The normalized spacial score (nSPS) is 13.0. The molecule has 0 fully saturated rings. The van der Waals surface area contributed by atoms with E-state index >= 15 is 0 Å². The molecule has 0 aliphatic carbocycles. The van der Waals surface area contributed by atoms with Gasteiger partial charge in [-0.3, -0.25) is 4.90 Å². The molecule has 0 amide bonds. The van der Waals surface area contributed by atoms with Gasteiger partial charge < -0.3 is 5.32 Å². The first-order valence-corrected chi connectivity index (χ1v) is 6.26. The summed E-state index contributed by atoms with van der Waals surface area (Å²) < 4.78 is 13.1. The van der Waals surface area contributed by atoms with E-state index in [4.69, 9.17) is 0 Å². The lowest BCUT2D eigenvalue weighted by atomic mass is 10.1. The topological polar surface area (TPSA) is 15.3 Å². The molecule has 1 aromatic rings. The van der Waals surface area contributed by atoms with Crippen LogP contribution in [0.15, 0.2) is 24.3 Å². The number of nitrogens with zero attached hydrogens (tertiary/aromatic N) is 1. The third-order valence-corrected chi connectivity index (χ3v) is 3.01. The largest absolute Gasteiger partial charge is 0.318 e. The van der Waals surface area contributed by atoms with Crippen molar-refractivity contribution in [3.8, 4) is 0 Å². The summed E-state index contributed by atoms with van der Waals surface area (Å²) in [4.78, 5) is 2.29. The molecule has 96 valence electrons. The van der Waals surface area contributed by atoms with E-state index in [1.165, 1.54) is 12.5 Å². The Bertz CT molecular complexity index is 322. The molecule has 1 rings (SSSR count). The van der Waals surface area contributed by atoms with Gasteiger partial charge in [0.2, 0.25) is 0 Å². The highest BCUT2D eigenvalue weighted by atomic mass is 19.1. The van der Waals surface area contributed by atoms with Crippen molar-refractivity contribution in [2.24, 2.45) is 0 Å². The van der Waals surface area contributed by atoms with Gasteiger partial charge in [-0.1, -0.05) is 25.5 Å². The van der Waals surface area contributed by atoms with Crippen LogP contribution in [0.1, 0.15) is 25.3 Å². The fourth-order valence-electron chi connectivity index (χ4n) is 2.10. The van der Waals surface area contributed by atoms with Gasteiger partial charge in [0.05, 0.1) is 0 Å². The lowest BCUT2D eigenvalue weighted by Gasteiger charge is -2.27. The van der Waals surface area contributed by atoms with Gasteiger partial charge in [-0.2, -0.15) is 0 Å². The van der Waals surface area contributed by atoms with Gasteiger partial charge in [0.15, 0.2) is 0 Å². The Labute approximate surface area is 104 Å². The molecule has 1 aromatic carbocycles. The van der Waals surface area contributed by atoms with Crippen LogP contribution in [0, 0.1) is 5.82 Å². The molecule has 0 aromatic heterocycles. The second-order valence-corrected chi connectivity index (χ2v) is 4.55. The van der Waals surface area contributed by atoms with Gasteiger partial charge in [-0.25, -0.2) is 4.39 Å². The van der Waals surface area contributed by atoms with E-state index in [2.05, 4.69) is 24.2 Å². The number of nitrogens with one attached hydrogen (secondary N) is 1. The van der Waals surface area contributed by atoms with Crippen LogP contribution >= 0.6 is 0 Å². The maximum absolute atomic E-state index is 13.1. The van der Waals surface area contributed by atoms with Crippen LogP contribution in [-0.4, -0.2) is 31.6 Å². The quantitative estimate of drug-likeness (QED) is 0.785. The molecular formula is C14H23FN2. The van der Waals surface area contributed by atoms with Gasteiger partial charge in [-0.15, -0.1) is 0 Å². The zero-order chi connectivity index (χ0) is 12.7. The highest BCUT2D eigenvalue weighted by Crippen LogP contribution is 2.11. The molecule has 3 heteroatoms. The molecule has 2 nitrogen and oxygen atoms in total. The lowest BCUT2D eigenvalue weighted by molar-refractivity contribution is 0.217. The van der Waals surface area contributed by atoms with Crippen molar-refractivity contribution in [2.75, 3.05) is 20.6 Å². The summed E-state index contributed by atoms with van der Waals surface area (Å²) in [5, 5.41) is 3.21. The summed E-state index contributed by atoms with van der Waals surface area (Å²) in [5.74, 6) is -0.156. The molecule has 0 heterocycles. The van der Waals surface area contributed by atoms with E-state index in [1.54, 1.807) is 12.1 Å². The van der Waals surface area contributed by atoms with Gasteiger partial charge in [0.25, 0.3) is 0 Å². The first kappa shape index (κ1) is 14.1. The van der Waals surface area contributed by atoms with E-state index in [1.807, 2.05) is 13.1 Å². The Morgan fingerprint density at radius 1 is 1.41 bits per heavy atom. The maximum Gasteiger partial charge on any atom is 0.123 e. The van der Waals surface area contributed by atoms with Crippen LogP contribution in [0.3, 0.4) is 0 Å². The third-order valence-electron chi connectivity index (χ3n) is 3.01. The Morgan fingerprint density at radius 3 is 2.76 bits per heavy atom. The van der Waals surface area contributed by atoms with Gasteiger partial charge in [0.1, 0.15) is 5.82 Å². The van der Waals surface area contributed by atoms with Crippen LogP contribution in [0.5, 0.6) is 0 Å². The molecule has 0 aliphatic rings. The molecule has 0 saturated carbocycles. The lowest BCUT2D eigenvalue weighted by Crippen LogP contribution is -2.38. The average Bonchev–Trinajstić information content (AvgIpc) is 2.28. The molecule has 0 aliphatic heterocycles. The van der Waals surface area contributed by atoms with Crippen LogP contribution in [0.2, 0.25) is 0 Å². The minimum atomic E-state index is -0.156. The fourth-order valence-corrected chi connectivity index (χ4v) is 2.10. The van der Waals surface area contributed by atoms with Crippen molar-refractivity contribution < 1.29 is 4.39 Å². The highest BCUT2D eigenvalue weighted by molar-refractivity contribution is 5.16. The second-order valence-electron chi connectivity index (χ2n) is 4.55. The van der Waals surface area contributed by atoms with Crippen LogP contribution in [0.4, 0.5) is 4.39 Å². The predicted octanol–water partition coefficient (Wildman–Crippen LogP) is 2.65. The monoisotopic (exact) mass is 238 g/mol. The molecule has 0 saturated heterocycles. The van der Waals surface area contributed by atoms with E-state index < -0.39 is 0 Å². The van der Waals surface area contributed by atoms with Crippen LogP contribution < -0.4 is 5.32 Å². The summed E-state index contributed by atoms with van der Waals surface area (Å²) in [7, 11) is 4.07. The smallest absolute Gasteiger partial charge is 0.123 e. The molecule has 1 N–H and O–H groups in total. The van der Waals surface area contributed by atoms with E-state index in [-0.39, 0.29) is 5.82 Å². The second kappa shape index (κ2) is 7.41. The van der Waals surface area contributed by atoms with Crippen molar-refractivity contribution >= 4 is 0 Å². The Balaban J connectivity index is 2.59. The van der Waals surface area contributed by atoms with Crippen molar-refractivity contribution in [1.82, 2.24) is 10.2 Å². The van der Waals surface area contributed by atoms with E-state index in [9.17, 15) is 4.39 Å². The molecular weight excluding hydrogens is 215 g/mol. The van der Waals surface area contributed by atoms with Gasteiger partial charge in [-0.05, 0) is 38.2 Å². The van der Waals surface area contributed by atoms with Crippen molar-refractivity contribution in [1.29, 1.82) is 0 Å². The van der Waals surface area contributed by atoms with Gasteiger partial charge >= 0.3 is 0 Å². The fraction of sp³-hybridized carbons (Fsp3) is 0.571. The zero-order valence-electron chi connectivity index (χ0n) is 11.0. The summed E-state index contributed by atoms with van der Waals surface area (Å²) >= 11 is 0. The number of hydrogen-bond donors (Lipinski definition) is 1. The number of halogens is 1. The Hall–Kier alpha value is -0.930. The first-order valence-electron chi connectivity index (χ1n) is 6.26. The standard InChI is InChI=1S/C14H23FN2/c1-4-6-14(10-16-2)17(3)11-12-7-5-8-13(15)9-12/h5,7-9,14,16H,4,6,10-11H2,1-3H3. The van der Waals surface area contributed by atoms with E-state index in [0.717, 1.165) is 25.1 Å². The number of hydrogen-bond acceptors (Lipinski definition) is 2. The van der Waals surface area contributed by atoms with Crippen LogP contribution in [0.25, 0.3) is 0 Å². The molecule has 1 unspecified atom stereocenters. The summed E-state index contributed by atoms with van der Waals surface area (Å²) in [6, 6.07) is 7.35. The summed E-state index contributed by atoms with van der Waals surface area (Å²) in [6.07, 6.45) is 2.33. The minimum absolute atomic E-state index is 0.156. The highest BCUT2D eigenvalue weighted by Gasteiger charge is 2.13. The number of rotatable bonds is 7. The average molecular weight is 238 g/mol. The SMILES string of the molecule is CCCC(CNC)N(C)Cc1cccc(F)c1. The number of likely N-dealkylation sites (N-methyl/N-ethyl adjacent to an activating group) is 2.